The summed E-state index contributed by atoms with van der Waals surface area (Å²) in [5.41, 5.74) is -0.719. The second-order valence-corrected chi connectivity index (χ2v) is 3.85. The molecule has 0 aromatic carbocycles. The van der Waals surface area contributed by atoms with Crippen molar-refractivity contribution in [2.24, 2.45) is 0 Å². The average molecular weight is 196 g/mol. The molecule has 0 spiro atoms. The summed E-state index contributed by atoms with van der Waals surface area (Å²) in [7, 11) is 0. The Bertz CT molecular complexity index is 187. The topological polar surface area (TPSA) is 20.2 Å². The minimum Gasteiger partial charge on any atom is -0.378 e. The molecule has 0 rings (SSSR count). The summed E-state index contributed by atoms with van der Waals surface area (Å²) >= 11 is 0. The Morgan fingerprint density at radius 3 is 2.29 bits per heavy atom. The van der Waals surface area contributed by atoms with E-state index in [2.05, 4.69) is 18.8 Å². The quantitative estimate of drug-likeness (QED) is 0.509. The van der Waals surface area contributed by atoms with Crippen LogP contribution < -0.4 is 0 Å². The Kier molecular flexibility index (Phi) is 7.61. The summed E-state index contributed by atoms with van der Waals surface area (Å²) in [6.07, 6.45) is 7.22. The van der Waals surface area contributed by atoms with Gasteiger partial charge in [0, 0.05) is 6.42 Å². The van der Waals surface area contributed by atoms with Crippen molar-refractivity contribution in [3.05, 3.63) is 0 Å². The second kappa shape index (κ2) is 7.88. The predicted molar refractivity (Wildman–Crippen MR) is 62.1 cm³/mol. The molecule has 0 aromatic heterocycles. The van der Waals surface area contributed by atoms with Crippen LogP contribution in [0.25, 0.3) is 0 Å². The van der Waals surface area contributed by atoms with Gasteiger partial charge < -0.3 is 5.11 Å². The van der Waals surface area contributed by atoms with E-state index in [0.29, 0.717) is 0 Å². The molecule has 0 aliphatic carbocycles. The van der Waals surface area contributed by atoms with E-state index in [1.165, 1.54) is 19.3 Å². The zero-order chi connectivity index (χ0) is 10.9. The Morgan fingerprint density at radius 1 is 1.07 bits per heavy atom. The molecule has 0 heterocycles. The monoisotopic (exact) mass is 196 g/mol. The van der Waals surface area contributed by atoms with Gasteiger partial charge in [0.25, 0.3) is 0 Å². The first kappa shape index (κ1) is 13.5. The molecule has 0 saturated carbocycles. The molecule has 0 fully saturated rings. The van der Waals surface area contributed by atoms with Crippen molar-refractivity contribution in [1.29, 1.82) is 0 Å². The number of unbranched alkanes of at least 4 members (excludes halogenated alkanes) is 3. The highest BCUT2D eigenvalue weighted by Gasteiger charge is 2.20. The van der Waals surface area contributed by atoms with Gasteiger partial charge in [0.15, 0.2) is 0 Å². The van der Waals surface area contributed by atoms with E-state index in [0.717, 1.165) is 25.7 Å². The van der Waals surface area contributed by atoms with E-state index in [-0.39, 0.29) is 0 Å². The van der Waals surface area contributed by atoms with Gasteiger partial charge in [-0.15, -0.1) is 5.92 Å². The average Bonchev–Trinajstić information content (AvgIpc) is 2.22. The molecule has 0 radical (unpaired) electrons. The lowest BCUT2D eigenvalue weighted by Crippen LogP contribution is -2.25. The molecule has 1 atom stereocenters. The van der Waals surface area contributed by atoms with Crippen molar-refractivity contribution in [3.8, 4) is 11.8 Å². The molecule has 1 unspecified atom stereocenters. The van der Waals surface area contributed by atoms with Gasteiger partial charge in [-0.1, -0.05) is 46.0 Å². The third kappa shape index (κ3) is 6.05. The fourth-order valence-electron chi connectivity index (χ4n) is 1.42. The fraction of sp³-hybridized carbons (Fsp3) is 0.846. The Balaban J connectivity index is 3.87. The van der Waals surface area contributed by atoms with Crippen LogP contribution in [0.5, 0.6) is 0 Å². The number of hydrogen-bond donors (Lipinski definition) is 1. The van der Waals surface area contributed by atoms with Crippen LogP contribution in [0.2, 0.25) is 0 Å². The smallest absolute Gasteiger partial charge is 0.125 e. The molecule has 1 heteroatoms. The largest absolute Gasteiger partial charge is 0.378 e. The lowest BCUT2D eigenvalue weighted by atomic mass is 9.93. The molecule has 0 saturated heterocycles. The highest BCUT2D eigenvalue weighted by atomic mass is 16.3. The lowest BCUT2D eigenvalue weighted by molar-refractivity contribution is 0.0844. The van der Waals surface area contributed by atoms with Gasteiger partial charge in [-0.3, -0.25) is 0 Å². The minimum atomic E-state index is -0.719. The number of hydrogen-bond acceptors (Lipinski definition) is 1. The van der Waals surface area contributed by atoms with Gasteiger partial charge in [0.2, 0.25) is 0 Å². The first-order valence-corrected chi connectivity index (χ1v) is 5.91. The van der Waals surface area contributed by atoms with Crippen LogP contribution in [0.4, 0.5) is 0 Å². The maximum Gasteiger partial charge on any atom is 0.125 e. The van der Waals surface area contributed by atoms with E-state index in [1.54, 1.807) is 0 Å². The Labute approximate surface area is 88.9 Å². The van der Waals surface area contributed by atoms with Crippen molar-refractivity contribution in [2.75, 3.05) is 0 Å². The zero-order valence-corrected chi connectivity index (χ0v) is 9.90. The normalized spacial score (nSPS) is 14.3. The summed E-state index contributed by atoms with van der Waals surface area (Å²) in [4.78, 5) is 0. The molecule has 1 nitrogen and oxygen atoms in total. The standard InChI is InChI=1S/C13H24O/c1-4-7-9-10-12-13(14,6-3)11-8-5-2/h14H,4-7,9-10,12H2,1-3H3. The molecule has 0 amide bonds. The van der Waals surface area contributed by atoms with Gasteiger partial charge >= 0.3 is 0 Å². The zero-order valence-electron chi connectivity index (χ0n) is 9.90. The molecule has 0 aliphatic heterocycles. The van der Waals surface area contributed by atoms with Gasteiger partial charge in [-0.25, -0.2) is 0 Å². The van der Waals surface area contributed by atoms with Crippen LogP contribution in [0.15, 0.2) is 0 Å². The van der Waals surface area contributed by atoms with E-state index in [4.69, 9.17) is 0 Å². The molecule has 82 valence electrons. The summed E-state index contributed by atoms with van der Waals surface area (Å²) in [5, 5.41) is 10.1. The third-order valence-electron chi connectivity index (χ3n) is 2.53. The summed E-state index contributed by atoms with van der Waals surface area (Å²) < 4.78 is 0. The second-order valence-electron chi connectivity index (χ2n) is 3.85. The Hall–Kier alpha value is -0.480. The van der Waals surface area contributed by atoms with Crippen molar-refractivity contribution in [1.82, 2.24) is 0 Å². The van der Waals surface area contributed by atoms with Gasteiger partial charge in [-0.2, -0.15) is 0 Å². The molecule has 0 aliphatic rings. The van der Waals surface area contributed by atoms with Crippen LogP contribution in [0.3, 0.4) is 0 Å². The Morgan fingerprint density at radius 2 is 1.79 bits per heavy atom. The van der Waals surface area contributed by atoms with Crippen molar-refractivity contribution in [2.45, 2.75) is 71.3 Å². The van der Waals surface area contributed by atoms with Gasteiger partial charge in [0.05, 0.1) is 0 Å². The summed E-state index contributed by atoms with van der Waals surface area (Å²) in [5.74, 6) is 5.96. The van der Waals surface area contributed by atoms with E-state index in [9.17, 15) is 5.11 Å². The first-order chi connectivity index (χ1) is 6.68. The third-order valence-corrected chi connectivity index (χ3v) is 2.53. The highest BCUT2D eigenvalue weighted by molar-refractivity contribution is 5.12. The maximum atomic E-state index is 10.1. The first-order valence-electron chi connectivity index (χ1n) is 5.91. The van der Waals surface area contributed by atoms with Gasteiger partial charge in [-0.05, 0) is 19.3 Å². The van der Waals surface area contributed by atoms with Crippen LogP contribution in [-0.4, -0.2) is 10.7 Å². The van der Waals surface area contributed by atoms with Crippen LogP contribution in [-0.2, 0) is 0 Å². The van der Waals surface area contributed by atoms with Crippen molar-refractivity contribution >= 4 is 0 Å². The van der Waals surface area contributed by atoms with Gasteiger partial charge in [0.1, 0.15) is 5.60 Å². The minimum absolute atomic E-state index is 0.719. The van der Waals surface area contributed by atoms with Crippen LogP contribution >= 0.6 is 0 Å². The van der Waals surface area contributed by atoms with Crippen LogP contribution in [0, 0.1) is 11.8 Å². The molecule has 0 aromatic rings. The van der Waals surface area contributed by atoms with E-state index < -0.39 is 5.60 Å². The molecule has 0 bridgehead atoms. The predicted octanol–water partition coefficient (Wildman–Crippen LogP) is 3.51. The van der Waals surface area contributed by atoms with E-state index in [1.807, 2.05) is 13.8 Å². The van der Waals surface area contributed by atoms with Crippen molar-refractivity contribution in [3.63, 3.8) is 0 Å². The SMILES string of the molecule is CCC#CC(O)(CC)CCCCCC. The molecular formula is C13H24O. The molecule has 14 heavy (non-hydrogen) atoms. The summed E-state index contributed by atoms with van der Waals surface area (Å²) in [6.45, 7) is 6.22. The number of rotatable bonds is 6. The number of aliphatic hydroxyl groups is 1. The molecular weight excluding hydrogens is 172 g/mol. The molecule has 1 N–H and O–H groups in total. The summed E-state index contributed by atoms with van der Waals surface area (Å²) in [6, 6.07) is 0. The lowest BCUT2D eigenvalue weighted by Gasteiger charge is -2.20. The van der Waals surface area contributed by atoms with Crippen LogP contribution in [0.1, 0.15) is 65.7 Å². The highest BCUT2D eigenvalue weighted by Crippen LogP contribution is 2.18. The van der Waals surface area contributed by atoms with E-state index >= 15 is 0 Å². The van der Waals surface area contributed by atoms with Crippen molar-refractivity contribution < 1.29 is 5.11 Å². The maximum absolute atomic E-state index is 10.1. The fourth-order valence-corrected chi connectivity index (χ4v) is 1.42.